The first kappa shape index (κ1) is 21.5. The summed E-state index contributed by atoms with van der Waals surface area (Å²) in [6.45, 7) is 3.49. The van der Waals surface area contributed by atoms with Crippen LogP contribution in [0.3, 0.4) is 0 Å². The van der Waals surface area contributed by atoms with Crippen LogP contribution in [0.25, 0.3) is 11.3 Å². The minimum atomic E-state index is -4.73. The van der Waals surface area contributed by atoms with Gasteiger partial charge in [0.15, 0.2) is 22.9 Å². The Labute approximate surface area is 179 Å². The van der Waals surface area contributed by atoms with Gasteiger partial charge in [-0.2, -0.15) is 13.2 Å². The number of fused-ring (bicyclic) bond motifs is 1. The van der Waals surface area contributed by atoms with E-state index in [9.17, 15) is 22.0 Å². The van der Waals surface area contributed by atoms with Crippen LogP contribution in [0.15, 0.2) is 36.4 Å². The van der Waals surface area contributed by atoms with Gasteiger partial charge in [-0.1, -0.05) is 12.1 Å². The first-order chi connectivity index (χ1) is 15.0. The van der Waals surface area contributed by atoms with E-state index in [0.717, 1.165) is 22.7 Å². The molecule has 0 aliphatic carbocycles. The van der Waals surface area contributed by atoms with Gasteiger partial charge in [0.05, 0.1) is 11.4 Å². The van der Waals surface area contributed by atoms with Crippen LogP contribution in [0.5, 0.6) is 0 Å². The van der Waals surface area contributed by atoms with Gasteiger partial charge in [0.25, 0.3) is 0 Å². The highest BCUT2D eigenvalue weighted by Crippen LogP contribution is 2.33. The fourth-order valence-electron chi connectivity index (χ4n) is 3.15. The standard InChI is InChI=1S/C21H17F5N6/c1-10-4-6-12(22)14(8-10)27-16-17(28-15-9-11(2)5-7-13(15)23)30-19-18(29-16)31-20(32(19)3)21(24,25)26/h4-9H,1-3H3,(H,27,29)(H,28,30). The predicted octanol–water partition coefficient (Wildman–Crippen LogP) is 5.76. The van der Waals surface area contributed by atoms with Gasteiger partial charge >= 0.3 is 6.18 Å². The SMILES string of the molecule is Cc1ccc(F)c(Nc2nc3nc(C(F)(F)F)n(C)c3nc2Nc2cc(C)ccc2F)c1. The van der Waals surface area contributed by atoms with Gasteiger partial charge in [-0.25, -0.2) is 23.7 Å². The van der Waals surface area contributed by atoms with E-state index in [2.05, 4.69) is 25.6 Å². The van der Waals surface area contributed by atoms with Gasteiger partial charge < -0.3 is 15.2 Å². The lowest BCUT2D eigenvalue weighted by Gasteiger charge is -2.14. The highest BCUT2D eigenvalue weighted by Gasteiger charge is 2.37. The second kappa shape index (κ2) is 7.74. The second-order valence-electron chi connectivity index (χ2n) is 7.28. The van der Waals surface area contributed by atoms with Crippen LogP contribution in [0.4, 0.5) is 45.0 Å². The van der Waals surface area contributed by atoms with Gasteiger partial charge in [0.2, 0.25) is 5.82 Å². The number of aryl methyl sites for hydroxylation is 3. The van der Waals surface area contributed by atoms with Crippen molar-refractivity contribution in [2.75, 3.05) is 10.6 Å². The minimum Gasteiger partial charge on any atom is -0.335 e. The molecule has 32 heavy (non-hydrogen) atoms. The third-order valence-corrected chi connectivity index (χ3v) is 4.71. The Morgan fingerprint density at radius 2 is 1.28 bits per heavy atom. The van der Waals surface area contributed by atoms with E-state index in [4.69, 9.17) is 0 Å². The van der Waals surface area contributed by atoms with Gasteiger partial charge in [-0.3, -0.25) is 0 Å². The predicted molar refractivity (Wildman–Crippen MR) is 110 cm³/mol. The third kappa shape index (κ3) is 4.05. The van der Waals surface area contributed by atoms with E-state index in [1.54, 1.807) is 26.0 Å². The van der Waals surface area contributed by atoms with E-state index >= 15 is 0 Å². The molecule has 6 nitrogen and oxygen atoms in total. The Hall–Kier alpha value is -3.76. The summed E-state index contributed by atoms with van der Waals surface area (Å²) in [6, 6.07) is 8.60. The number of hydrogen-bond donors (Lipinski definition) is 2. The molecular weight excluding hydrogens is 431 g/mol. The summed E-state index contributed by atoms with van der Waals surface area (Å²) in [7, 11) is 1.15. The average Bonchev–Trinajstić information content (AvgIpc) is 3.04. The number of anilines is 4. The van der Waals surface area contributed by atoms with Crippen molar-refractivity contribution in [3.05, 3.63) is 65.0 Å². The summed E-state index contributed by atoms with van der Waals surface area (Å²) in [5.41, 5.74) is 1.05. The molecule has 0 bridgehead atoms. The quantitative estimate of drug-likeness (QED) is 0.389. The molecule has 2 aromatic heterocycles. The normalized spacial score (nSPS) is 11.8. The fraction of sp³-hybridized carbons (Fsp3) is 0.190. The molecule has 166 valence electrons. The molecule has 0 amide bonds. The van der Waals surface area contributed by atoms with Crippen LogP contribution in [0, 0.1) is 25.5 Å². The molecule has 0 unspecified atom stereocenters. The van der Waals surface area contributed by atoms with Crippen LogP contribution in [-0.2, 0) is 13.2 Å². The van der Waals surface area contributed by atoms with E-state index in [0.29, 0.717) is 0 Å². The third-order valence-electron chi connectivity index (χ3n) is 4.71. The summed E-state index contributed by atoms with van der Waals surface area (Å²) in [6.07, 6.45) is -4.73. The topological polar surface area (TPSA) is 67.7 Å². The maximum Gasteiger partial charge on any atom is 0.449 e. The summed E-state index contributed by atoms with van der Waals surface area (Å²) in [5, 5.41) is 5.48. The highest BCUT2D eigenvalue weighted by atomic mass is 19.4. The first-order valence-corrected chi connectivity index (χ1v) is 9.41. The molecular formula is C21H17F5N6. The van der Waals surface area contributed by atoms with Crippen molar-refractivity contribution in [3.8, 4) is 0 Å². The average molecular weight is 448 g/mol. The monoisotopic (exact) mass is 448 g/mol. The number of nitrogens with zero attached hydrogens (tertiary/aromatic N) is 4. The van der Waals surface area contributed by atoms with Gasteiger partial charge in [0, 0.05) is 7.05 Å². The van der Waals surface area contributed by atoms with Gasteiger partial charge in [-0.15, -0.1) is 0 Å². The number of benzene rings is 2. The Morgan fingerprint density at radius 1 is 0.781 bits per heavy atom. The number of alkyl halides is 3. The number of halogens is 5. The highest BCUT2D eigenvalue weighted by molar-refractivity contribution is 5.80. The van der Waals surface area contributed by atoms with Gasteiger partial charge in [0.1, 0.15) is 11.6 Å². The van der Waals surface area contributed by atoms with Crippen molar-refractivity contribution in [2.24, 2.45) is 7.05 Å². The molecule has 0 atom stereocenters. The lowest BCUT2D eigenvalue weighted by molar-refractivity contribution is -0.146. The van der Waals surface area contributed by atoms with E-state index < -0.39 is 23.6 Å². The molecule has 4 aromatic rings. The largest absolute Gasteiger partial charge is 0.449 e. The molecule has 0 fully saturated rings. The van der Waals surface area contributed by atoms with Crippen molar-refractivity contribution in [1.82, 2.24) is 19.5 Å². The van der Waals surface area contributed by atoms with Crippen LogP contribution < -0.4 is 10.6 Å². The number of imidazole rings is 1. The molecule has 2 heterocycles. The number of rotatable bonds is 4. The Kier molecular flexibility index (Phi) is 5.19. The first-order valence-electron chi connectivity index (χ1n) is 9.41. The summed E-state index contributed by atoms with van der Waals surface area (Å²) in [4.78, 5) is 11.9. The lowest BCUT2D eigenvalue weighted by atomic mass is 10.2. The summed E-state index contributed by atoms with van der Waals surface area (Å²) >= 11 is 0. The molecule has 2 N–H and O–H groups in total. The van der Waals surface area contributed by atoms with Crippen molar-refractivity contribution >= 4 is 34.3 Å². The van der Waals surface area contributed by atoms with Gasteiger partial charge in [-0.05, 0) is 49.2 Å². The number of aromatic nitrogens is 4. The van der Waals surface area contributed by atoms with Crippen molar-refractivity contribution in [2.45, 2.75) is 20.0 Å². The Morgan fingerprint density at radius 3 is 1.78 bits per heavy atom. The minimum absolute atomic E-state index is 0.0263. The number of nitrogens with one attached hydrogen (secondary N) is 2. The zero-order valence-electron chi connectivity index (χ0n) is 17.1. The maximum atomic E-state index is 14.3. The van der Waals surface area contributed by atoms with Crippen molar-refractivity contribution in [1.29, 1.82) is 0 Å². The van der Waals surface area contributed by atoms with E-state index in [1.165, 1.54) is 24.3 Å². The van der Waals surface area contributed by atoms with Crippen LogP contribution in [-0.4, -0.2) is 19.5 Å². The number of hydrogen-bond acceptors (Lipinski definition) is 5. The summed E-state index contributed by atoms with van der Waals surface area (Å²) < 4.78 is 69.3. The molecule has 0 aliphatic rings. The maximum absolute atomic E-state index is 14.3. The van der Waals surface area contributed by atoms with Crippen molar-refractivity contribution < 1.29 is 22.0 Å². The van der Waals surface area contributed by atoms with Crippen LogP contribution in [0.2, 0.25) is 0 Å². The molecule has 0 saturated carbocycles. The molecule has 4 rings (SSSR count). The van der Waals surface area contributed by atoms with Crippen LogP contribution >= 0.6 is 0 Å². The summed E-state index contributed by atoms with van der Waals surface area (Å²) in [5.74, 6) is -2.62. The molecule has 0 saturated heterocycles. The van der Waals surface area contributed by atoms with Crippen molar-refractivity contribution in [3.63, 3.8) is 0 Å². The van der Waals surface area contributed by atoms with E-state index in [1.807, 2.05) is 0 Å². The molecule has 0 aliphatic heterocycles. The second-order valence-corrected chi connectivity index (χ2v) is 7.28. The van der Waals surface area contributed by atoms with E-state index in [-0.39, 0.29) is 34.3 Å². The Balaban J connectivity index is 1.89. The molecule has 11 heteroatoms. The smallest absolute Gasteiger partial charge is 0.335 e. The Bertz CT molecular complexity index is 1330. The molecule has 2 aromatic carbocycles. The molecule has 0 spiro atoms. The zero-order chi connectivity index (χ0) is 23.2. The molecule has 0 radical (unpaired) electrons. The van der Waals surface area contributed by atoms with Crippen LogP contribution in [0.1, 0.15) is 17.0 Å². The lowest BCUT2D eigenvalue weighted by Crippen LogP contribution is -2.12. The zero-order valence-corrected chi connectivity index (χ0v) is 17.1. The fourth-order valence-corrected chi connectivity index (χ4v) is 3.15.